The zero-order chi connectivity index (χ0) is 14.7. The monoisotopic (exact) mass is 289 g/mol. The summed E-state index contributed by atoms with van der Waals surface area (Å²) in [5.41, 5.74) is 1.67. The van der Waals surface area contributed by atoms with Gasteiger partial charge in [0.1, 0.15) is 0 Å². The van der Waals surface area contributed by atoms with E-state index >= 15 is 0 Å². The van der Waals surface area contributed by atoms with Crippen molar-refractivity contribution in [1.82, 2.24) is 25.2 Å². The second-order valence-corrected chi connectivity index (χ2v) is 7.92. The summed E-state index contributed by atoms with van der Waals surface area (Å²) in [4.78, 5) is 2.70. The Morgan fingerprint density at radius 3 is 2.52 bits per heavy atom. The molecular formula is C16H27N5. The van der Waals surface area contributed by atoms with E-state index in [4.69, 9.17) is 0 Å². The van der Waals surface area contributed by atoms with Gasteiger partial charge >= 0.3 is 0 Å². The minimum Gasteiger partial charge on any atom is -0.308 e. The standard InChI is InChI=1S/C16H27N5/c1-15(12-4-5-12)11-21(9-14-8-20(3)19-18-14)16(2,10-17-15)13-6-7-13/h8,12-13,17H,4-7,9-11H2,1-3H3. The van der Waals surface area contributed by atoms with Crippen molar-refractivity contribution in [2.75, 3.05) is 13.1 Å². The Bertz CT molecular complexity index is 533. The molecule has 2 saturated carbocycles. The van der Waals surface area contributed by atoms with Crippen LogP contribution in [-0.4, -0.2) is 44.1 Å². The highest BCUT2D eigenvalue weighted by Crippen LogP contribution is 2.48. The molecular weight excluding hydrogens is 262 g/mol. The predicted octanol–water partition coefficient (Wildman–Crippen LogP) is 1.56. The molecule has 2 unspecified atom stereocenters. The lowest BCUT2D eigenvalue weighted by molar-refractivity contribution is -0.00790. The number of nitrogens with one attached hydrogen (secondary N) is 1. The van der Waals surface area contributed by atoms with Gasteiger partial charge in [0, 0.05) is 44.0 Å². The summed E-state index contributed by atoms with van der Waals surface area (Å²) in [5.74, 6) is 1.72. The molecule has 1 N–H and O–H groups in total. The maximum atomic E-state index is 4.31. The fourth-order valence-corrected chi connectivity index (χ4v) is 4.13. The molecule has 1 saturated heterocycles. The van der Waals surface area contributed by atoms with E-state index in [-0.39, 0.29) is 11.1 Å². The SMILES string of the molecule is Cn1cc(CN2CC(C)(C3CC3)NCC2(C)C2CC2)nn1. The topological polar surface area (TPSA) is 46.0 Å². The Hall–Kier alpha value is -0.940. The zero-order valence-corrected chi connectivity index (χ0v) is 13.5. The van der Waals surface area contributed by atoms with Crippen LogP contribution in [0.15, 0.2) is 6.20 Å². The first-order valence-electron chi connectivity index (χ1n) is 8.35. The van der Waals surface area contributed by atoms with E-state index in [0.29, 0.717) is 0 Å². The first-order chi connectivity index (χ1) is 9.99. The van der Waals surface area contributed by atoms with Crippen LogP contribution in [0, 0.1) is 11.8 Å². The van der Waals surface area contributed by atoms with Crippen molar-refractivity contribution in [3.8, 4) is 0 Å². The van der Waals surface area contributed by atoms with Gasteiger partial charge in [-0.3, -0.25) is 9.58 Å². The maximum absolute atomic E-state index is 4.31. The normalized spacial score (nSPS) is 37.9. The fraction of sp³-hybridized carbons (Fsp3) is 0.875. The van der Waals surface area contributed by atoms with Gasteiger partial charge in [-0.05, 0) is 51.4 Å². The molecule has 1 aromatic heterocycles. The molecule has 0 spiro atoms. The van der Waals surface area contributed by atoms with Crippen LogP contribution in [0.3, 0.4) is 0 Å². The average Bonchev–Trinajstić information content (AvgIpc) is 3.33. The van der Waals surface area contributed by atoms with Gasteiger partial charge in [-0.25, -0.2) is 0 Å². The van der Waals surface area contributed by atoms with Crippen molar-refractivity contribution in [1.29, 1.82) is 0 Å². The van der Waals surface area contributed by atoms with Gasteiger partial charge in [0.05, 0.1) is 5.69 Å². The van der Waals surface area contributed by atoms with E-state index in [1.165, 1.54) is 25.7 Å². The minimum absolute atomic E-state index is 0.284. The summed E-state index contributed by atoms with van der Waals surface area (Å²) in [5, 5.41) is 12.3. The van der Waals surface area contributed by atoms with Gasteiger partial charge in [-0.2, -0.15) is 0 Å². The van der Waals surface area contributed by atoms with Crippen molar-refractivity contribution >= 4 is 0 Å². The molecule has 0 amide bonds. The second kappa shape index (κ2) is 4.53. The van der Waals surface area contributed by atoms with Crippen molar-refractivity contribution < 1.29 is 0 Å². The molecule has 3 fully saturated rings. The van der Waals surface area contributed by atoms with Gasteiger partial charge in [-0.15, -0.1) is 5.10 Å². The lowest BCUT2D eigenvalue weighted by atomic mass is 9.83. The van der Waals surface area contributed by atoms with Gasteiger partial charge in [-0.1, -0.05) is 5.21 Å². The van der Waals surface area contributed by atoms with Crippen LogP contribution in [0.1, 0.15) is 45.2 Å². The van der Waals surface area contributed by atoms with Gasteiger partial charge in [0.15, 0.2) is 0 Å². The predicted molar refractivity (Wildman–Crippen MR) is 81.7 cm³/mol. The molecule has 21 heavy (non-hydrogen) atoms. The number of rotatable bonds is 4. The van der Waals surface area contributed by atoms with E-state index in [0.717, 1.165) is 37.2 Å². The van der Waals surface area contributed by atoms with Crippen LogP contribution < -0.4 is 5.32 Å². The molecule has 3 aliphatic rings. The van der Waals surface area contributed by atoms with Crippen LogP contribution in [-0.2, 0) is 13.6 Å². The molecule has 2 aliphatic carbocycles. The summed E-state index contributed by atoms with van der Waals surface area (Å²) in [7, 11) is 1.95. The average molecular weight is 289 g/mol. The number of aromatic nitrogens is 3. The summed E-state index contributed by atoms with van der Waals surface area (Å²) < 4.78 is 1.81. The first-order valence-corrected chi connectivity index (χ1v) is 8.35. The molecule has 0 bridgehead atoms. The van der Waals surface area contributed by atoms with Crippen LogP contribution in [0.4, 0.5) is 0 Å². The minimum atomic E-state index is 0.284. The molecule has 1 aliphatic heterocycles. The van der Waals surface area contributed by atoms with Crippen LogP contribution >= 0.6 is 0 Å². The number of hydrogen-bond donors (Lipinski definition) is 1. The maximum Gasteiger partial charge on any atom is 0.0967 e. The molecule has 5 heteroatoms. The Morgan fingerprint density at radius 1 is 1.24 bits per heavy atom. The highest BCUT2D eigenvalue weighted by Gasteiger charge is 2.54. The van der Waals surface area contributed by atoms with Crippen molar-refractivity contribution in [2.45, 2.75) is 57.2 Å². The third-order valence-electron chi connectivity index (χ3n) is 6.03. The smallest absolute Gasteiger partial charge is 0.0967 e. The van der Waals surface area contributed by atoms with Gasteiger partial charge in [0.2, 0.25) is 0 Å². The Labute approximate surface area is 127 Å². The Balaban J connectivity index is 1.57. The largest absolute Gasteiger partial charge is 0.308 e. The second-order valence-electron chi connectivity index (χ2n) is 7.92. The number of nitrogens with zero attached hydrogens (tertiary/aromatic N) is 4. The zero-order valence-electron chi connectivity index (χ0n) is 13.5. The van der Waals surface area contributed by atoms with Crippen molar-refractivity contribution in [2.24, 2.45) is 18.9 Å². The summed E-state index contributed by atoms with van der Waals surface area (Å²) in [6.45, 7) is 8.05. The van der Waals surface area contributed by atoms with Crippen LogP contribution in [0.2, 0.25) is 0 Å². The quantitative estimate of drug-likeness (QED) is 0.914. The van der Waals surface area contributed by atoms with Gasteiger partial charge in [0.25, 0.3) is 0 Å². The highest BCUT2D eigenvalue weighted by atomic mass is 15.4. The van der Waals surface area contributed by atoms with Crippen molar-refractivity contribution in [3.63, 3.8) is 0 Å². The molecule has 2 heterocycles. The van der Waals surface area contributed by atoms with E-state index in [9.17, 15) is 0 Å². The van der Waals surface area contributed by atoms with E-state index in [1.54, 1.807) is 0 Å². The summed E-state index contributed by atoms with van der Waals surface area (Å²) >= 11 is 0. The van der Waals surface area contributed by atoms with E-state index in [1.807, 2.05) is 11.7 Å². The molecule has 4 rings (SSSR count). The molecule has 0 aromatic carbocycles. The van der Waals surface area contributed by atoms with Crippen LogP contribution in [0.25, 0.3) is 0 Å². The highest BCUT2D eigenvalue weighted by molar-refractivity contribution is 5.12. The summed E-state index contributed by atoms with van der Waals surface area (Å²) in [6, 6.07) is 0. The number of aryl methyl sites for hydroxylation is 1. The lowest BCUT2D eigenvalue weighted by Gasteiger charge is -2.53. The molecule has 2 atom stereocenters. The third kappa shape index (κ3) is 2.40. The third-order valence-corrected chi connectivity index (χ3v) is 6.03. The first kappa shape index (κ1) is 13.7. The molecule has 1 aromatic rings. The van der Waals surface area contributed by atoms with E-state index < -0.39 is 0 Å². The fourth-order valence-electron chi connectivity index (χ4n) is 4.13. The summed E-state index contributed by atoms with van der Waals surface area (Å²) in [6.07, 6.45) is 7.61. The van der Waals surface area contributed by atoms with Gasteiger partial charge < -0.3 is 5.32 Å². The molecule has 116 valence electrons. The Kier molecular flexibility index (Phi) is 2.95. The van der Waals surface area contributed by atoms with E-state index in [2.05, 4.69) is 40.6 Å². The van der Waals surface area contributed by atoms with Crippen molar-refractivity contribution in [3.05, 3.63) is 11.9 Å². The number of piperazine rings is 1. The Morgan fingerprint density at radius 2 is 1.95 bits per heavy atom. The molecule has 5 nitrogen and oxygen atoms in total. The molecule has 0 radical (unpaired) electrons. The van der Waals surface area contributed by atoms with Crippen LogP contribution in [0.5, 0.6) is 0 Å². The number of hydrogen-bond acceptors (Lipinski definition) is 4. The lowest BCUT2D eigenvalue weighted by Crippen LogP contribution is -2.69.